The molecule has 2 aliphatic rings. The zero-order valence-electron chi connectivity index (χ0n) is 15.4. The Kier molecular flexibility index (Phi) is 5.57. The Bertz CT molecular complexity index is 880. The number of halogens is 2. The second-order valence-electron chi connectivity index (χ2n) is 7.56. The number of likely N-dealkylation sites (tertiary alicyclic amines) is 1. The van der Waals surface area contributed by atoms with Crippen LogP contribution >= 0.6 is 22.6 Å². The lowest BCUT2D eigenvalue weighted by Crippen LogP contribution is -2.72. The van der Waals surface area contributed by atoms with Crippen molar-refractivity contribution < 1.29 is 14.3 Å². The molecule has 1 amide bonds. The summed E-state index contributed by atoms with van der Waals surface area (Å²) in [5.41, 5.74) is 0.492. The van der Waals surface area contributed by atoms with E-state index in [0.717, 1.165) is 29.4 Å². The van der Waals surface area contributed by atoms with Crippen molar-refractivity contribution in [2.45, 2.75) is 30.9 Å². The molecule has 2 saturated heterocycles. The van der Waals surface area contributed by atoms with Gasteiger partial charge in [0, 0.05) is 9.61 Å². The summed E-state index contributed by atoms with van der Waals surface area (Å²) >= 11 is 2.06. The molecule has 2 aromatic rings. The van der Waals surface area contributed by atoms with Gasteiger partial charge in [0.1, 0.15) is 11.4 Å². The monoisotopic (exact) mass is 495 g/mol. The van der Waals surface area contributed by atoms with Gasteiger partial charge in [0.25, 0.3) is 5.91 Å². The van der Waals surface area contributed by atoms with Crippen molar-refractivity contribution in [2.75, 3.05) is 25.0 Å². The third kappa shape index (κ3) is 3.88. The van der Waals surface area contributed by atoms with E-state index in [1.165, 1.54) is 6.07 Å². The molecule has 2 aromatic carbocycles. The van der Waals surface area contributed by atoms with Gasteiger partial charge in [-0.15, -0.1) is 0 Å². The van der Waals surface area contributed by atoms with Gasteiger partial charge < -0.3 is 20.6 Å². The fourth-order valence-electron chi connectivity index (χ4n) is 3.97. The Morgan fingerprint density at radius 3 is 2.71 bits per heavy atom. The highest BCUT2D eigenvalue weighted by Crippen LogP contribution is 2.32. The smallest absolute Gasteiger partial charge is 0.256 e. The molecular formula is C21H23FIN3O2. The fourth-order valence-corrected chi connectivity index (χ4v) is 4.43. The number of β-amino-alcohol motifs (C(OH)–C–C–N with tert-alkyl or cyclic N) is 1. The molecule has 2 heterocycles. The standard InChI is InChI=1S/C21H23FIN3O2/c22-16-11-14(23)8-9-18(16)25-17-6-2-1-5-15(17)20(27)26-12-21(28,13-26)19-7-3-4-10-24-19/h1-2,5-6,8-9,11,19,24-25,28H,3-4,7,10,12-13H2/t19-/m1/s1. The van der Waals surface area contributed by atoms with Gasteiger partial charge >= 0.3 is 0 Å². The molecule has 4 rings (SSSR count). The van der Waals surface area contributed by atoms with Crippen LogP contribution in [0.25, 0.3) is 0 Å². The number of hydrogen-bond acceptors (Lipinski definition) is 4. The van der Waals surface area contributed by atoms with Gasteiger partial charge in [-0.3, -0.25) is 4.79 Å². The summed E-state index contributed by atoms with van der Waals surface area (Å²) in [4.78, 5) is 14.7. The van der Waals surface area contributed by atoms with Crippen LogP contribution < -0.4 is 10.6 Å². The Balaban J connectivity index is 1.48. The molecule has 28 heavy (non-hydrogen) atoms. The highest BCUT2D eigenvalue weighted by Gasteiger charge is 2.49. The molecule has 0 bridgehead atoms. The summed E-state index contributed by atoms with van der Waals surface area (Å²) in [5.74, 6) is -0.523. The van der Waals surface area contributed by atoms with Gasteiger partial charge in [-0.2, -0.15) is 0 Å². The third-order valence-corrected chi connectivity index (χ3v) is 6.20. The summed E-state index contributed by atoms with van der Waals surface area (Å²) in [6.07, 6.45) is 3.16. The largest absolute Gasteiger partial charge is 0.385 e. The second kappa shape index (κ2) is 7.96. The van der Waals surface area contributed by atoms with Gasteiger partial charge in [0.15, 0.2) is 0 Å². The number of para-hydroxylation sites is 1. The van der Waals surface area contributed by atoms with Crippen molar-refractivity contribution in [1.82, 2.24) is 10.2 Å². The summed E-state index contributed by atoms with van der Waals surface area (Å²) in [6.45, 7) is 1.54. The number of carbonyl (C=O) groups excluding carboxylic acids is 1. The molecule has 0 aromatic heterocycles. The Hall–Kier alpha value is -1.71. The molecule has 0 unspecified atom stereocenters. The molecule has 2 aliphatic heterocycles. The maximum absolute atomic E-state index is 14.2. The van der Waals surface area contributed by atoms with Crippen molar-refractivity contribution in [3.8, 4) is 0 Å². The van der Waals surface area contributed by atoms with Crippen LogP contribution in [0.1, 0.15) is 29.6 Å². The second-order valence-corrected chi connectivity index (χ2v) is 8.81. The number of benzene rings is 2. The molecule has 7 heteroatoms. The predicted octanol–water partition coefficient (Wildman–Crippen LogP) is 3.50. The SMILES string of the molecule is O=C(c1ccccc1Nc1ccc(I)cc1F)N1CC(O)([C@H]2CCCCN2)C1. The van der Waals surface area contributed by atoms with Crippen molar-refractivity contribution >= 4 is 39.9 Å². The first-order chi connectivity index (χ1) is 13.5. The first kappa shape index (κ1) is 19.6. The minimum Gasteiger partial charge on any atom is -0.385 e. The number of nitrogens with zero attached hydrogens (tertiary/aromatic N) is 1. The number of piperidine rings is 1. The lowest BCUT2D eigenvalue weighted by atomic mass is 9.81. The molecule has 148 valence electrons. The molecular weight excluding hydrogens is 472 g/mol. The summed E-state index contributed by atoms with van der Waals surface area (Å²) in [6, 6.07) is 12.0. The van der Waals surface area contributed by atoms with Crippen molar-refractivity contribution in [1.29, 1.82) is 0 Å². The molecule has 0 aliphatic carbocycles. The van der Waals surface area contributed by atoms with E-state index in [1.54, 1.807) is 29.2 Å². The molecule has 5 nitrogen and oxygen atoms in total. The fraction of sp³-hybridized carbons (Fsp3) is 0.381. The average molecular weight is 495 g/mol. The molecule has 0 radical (unpaired) electrons. The van der Waals surface area contributed by atoms with Crippen molar-refractivity contribution in [2.24, 2.45) is 0 Å². The van der Waals surface area contributed by atoms with E-state index < -0.39 is 5.60 Å². The first-order valence-electron chi connectivity index (χ1n) is 9.52. The summed E-state index contributed by atoms with van der Waals surface area (Å²) in [7, 11) is 0. The minimum atomic E-state index is -0.860. The van der Waals surface area contributed by atoms with E-state index in [4.69, 9.17) is 0 Å². The van der Waals surface area contributed by atoms with E-state index in [-0.39, 0.29) is 17.8 Å². The van der Waals surface area contributed by atoms with Crippen molar-refractivity contribution in [3.63, 3.8) is 0 Å². The van der Waals surface area contributed by atoms with Crippen LogP contribution in [0.3, 0.4) is 0 Å². The van der Waals surface area contributed by atoms with E-state index in [0.29, 0.717) is 30.0 Å². The normalized spacial score (nSPS) is 21.1. The number of nitrogens with one attached hydrogen (secondary N) is 2. The average Bonchev–Trinajstić information content (AvgIpc) is 2.68. The number of aliphatic hydroxyl groups is 1. The summed E-state index contributed by atoms with van der Waals surface area (Å²) in [5, 5.41) is 17.3. The maximum atomic E-state index is 14.2. The zero-order valence-corrected chi connectivity index (χ0v) is 17.6. The number of carbonyl (C=O) groups is 1. The molecule has 3 N–H and O–H groups in total. The van der Waals surface area contributed by atoms with Crippen LogP contribution in [0, 0.1) is 9.39 Å². The third-order valence-electron chi connectivity index (χ3n) is 5.53. The van der Waals surface area contributed by atoms with Gasteiger partial charge in [0.05, 0.1) is 30.0 Å². The first-order valence-corrected chi connectivity index (χ1v) is 10.6. The number of hydrogen-bond donors (Lipinski definition) is 3. The Morgan fingerprint density at radius 1 is 1.21 bits per heavy atom. The van der Waals surface area contributed by atoms with Gasteiger partial charge in [0.2, 0.25) is 0 Å². The number of amides is 1. The zero-order chi connectivity index (χ0) is 19.7. The Morgan fingerprint density at radius 2 is 2.00 bits per heavy atom. The van der Waals surface area contributed by atoms with Gasteiger partial charge in [-0.05, 0) is 72.3 Å². The topological polar surface area (TPSA) is 64.6 Å². The quantitative estimate of drug-likeness (QED) is 0.569. The molecule has 2 fully saturated rings. The van der Waals surface area contributed by atoms with E-state index in [9.17, 15) is 14.3 Å². The molecule has 1 atom stereocenters. The van der Waals surface area contributed by atoms with Crippen LogP contribution in [0.2, 0.25) is 0 Å². The van der Waals surface area contributed by atoms with Crippen LogP contribution in [0.4, 0.5) is 15.8 Å². The van der Waals surface area contributed by atoms with Crippen LogP contribution in [-0.4, -0.2) is 47.2 Å². The number of rotatable bonds is 4. The van der Waals surface area contributed by atoms with Gasteiger partial charge in [-0.1, -0.05) is 18.6 Å². The van der Waals surface area contributed by atoms with Gasteiger partial charge in [-0.25, -0.2) is 4.39 Å². The highest BCUT2D eigenvalue weighted by atomic mass is 127. The molecule has 0 saturated carbocycles. The highest BCUT2D eigenvalue weighted by molar-refractivity contribution is 14.1. The number of anilines is 2. The minimum absolute atomic E-state index is 0.0413. The Labute approximate surface area is 177 Å². The van der Waals surface area contributed by atoms with Crippen LogP contribution in [0.15, 0.2) is 42.5 Å². The van der Waals surface area contributed by atoms with E-state index >= 15 is 0 Å². The lowest BCUT2D eigenvalue weighted by Gasteiger charge is -2.51. The van der Waals surface area contributed by atoms with E-state index in [2.05, 4.69) is 33.2 Å². The maximum Gasteiger partial charge on any atom is 0.256 e. The van der Waals surface area contributed by atoms with E-state index in [1.807, 2.05) is 12.1 Å². The molecule has 0 spiro atoms. The van der Waals surface area contributed by atoms with Crippen LogP contribution in [0.5, 0.6) is 0 Å². The lowest BCUT2D eigenvalue weighted by molar-refractivity contribution is -0.108. The summed E-state index contributed by atoms with van der Waals surface area (Å²) < 4.78 is 15.0. The predicted molar refractivity (Wildman–Crippen MR) is 115 cm³/mol. The van der Waals surface area contributed by atoms with Crippen LogP contribution in [-0.2, 0) is 0 Å². The van der Waals surface area contributed by atoms with Crippen molar-refractivity contribution in [3.05, 3.63) is 57.4 Å².